The number of methoxy groups -OCH3 is 1. The number of fused-ring (bicyclic) bond motifs is 1. The topological polar surface area (TPSA) is 81.9 Å². The van der Waals surface area contributed by atoms with Crippen molar-refractivity contribution >= 4 is 44.9 Å². The first kappa shape index (κ1) is 18.5. The molecule has 0 unspecified atom stereocenters. The van der Waals surface area contributed by atoms with Crippen molar-refractivity contribution in [3.05, 3.63) is 53.8 Å². The molecule has 0 aliphatic carbocycles. The molecular formula is C19H17N5O2S2. The van der Waals surface area contributed by atoms with Gasteiger partial charge in [0.05, 0.1) is 28.1 Å². The van der Waals surface area contributed by atoms with E-state index in [9.17, 15) is 4.79 Å². The van der Waals surface area contributed by atoms with Crippen LogP contribution in [0.1, 0.15) is 5.01 Å². The van der Waals surface area contributed by atoms with Gasteiger partial charge < -0.3 is 10.1 Å². The second-order valence-corrected chi connectivity index (χ2v) is 8.11. The number of anilines is 1. The molecule has 1 N–H and O–H groups in total. The zero-order valence-corrected chi connectivity index (χ0v) is 16.9. The molecule has 0 aliphatic rings. The molecule has 28 heavy (non-hydrogen) atoms. The Hall–Kier alpha value is -2.91. The molecule has 1 amide bonds. The number of carbonyl (C=O) groups is 1. The van der Waals surface area contributed by atoms with Crippen LogP contribution in [0.4, 0.5) is 5.69 Å². The Morgan fingerprint density at radius 1 is 1.25 bits per heavy atom. The van der Waals surface area contributed by atoms with E-state index in [-0.39, 0.29) is 11.7 Å². The summed E-state index contributed by atoms with van der Waals surface area (Å²) >= 11 is 2.94. The van der Waals surface area contributed by atoms with Crippen LogP contribution in [0.15, 0.2) is 53.9 Å². The Balaban J connectivity index is 1.41. The van der Waals surface area contributed by atoms with Crippen LogP contribution in [0.3, 0.4) is 0 Å². The third kappa shape index (κ3) is 4.00. The predicted molar refractivity (Wildman–Crippen MR) is 112 cm³/mol. The average molecular weight is 412 g/mol. The Labute approximate surface area is 169 Å². The predicted octanol–water partition coefficient (Wildman–Crippen LogP) is 3.92. The molecule has 7 nitrogen and oxygen atoms in total. The van der Waals surface area contributed by atoms with E-state index in [1.165, 1.54) is 11.8 Å². The first-order chi connectivity index (χ1) is 13.6. The third-order valence-electron chi connectivity index (χ3n) is 3.98. The highest BCUT2D eigenvalue weighted by Crippen LogP contribution is 2.25. The van der Waals surface area contributed by atoms with Crippen LogP contribution in [0.2, 0.25) is 0 Å². The SMILES string of the molecule is COc1ccc(-n2cnnc2SCC(=O)Nc2ccc3nc(C)sc3c2)cc1. The fourth-order valence-corrected chi connectivity index (χ4v) is 4.28. The molecule has 2 heterocycles. The fourth-order valence-electron chi connectivity index (χ4n) is 2.69. The van der Waals surface area contributed by atoms with E-state index in [2.05, 4.69) is 20.5 Å². The maximum absolute atomic E-state index is 12.4. The fraction of sp³-hybridized carbons (Fsp3) is 0.158. The smallest absolute Gasteiger partial charge is 0.234 e. The van der Waals surface area contributed by atoms with Crippen LogP contribution >= 0.6 is 23.1 Å². The van der Waals surface area contributed by atoms with Crippen molar-refractivity contribution in [2.24, 2.45) is 0 Å². The van der Waals surface area contributed by atoms with Crippen LogP contribution in [0.5, 0.6) is 5.75 Å². The Bertz CT molecular complexity index is 1120. The van der Waals surface area contributed by atoms with Gasteiger partial charge in [-0.1, -0.05) is 11.8 Å². The van der Waals surface area contributed by atoms with E-state index >= 15 is 0 Å². The molecule has 2 aromatic carbocycles. The third-order valence-corrected chi connectivity index (χ3v) is 5.86. The highest BCUT2D eigenvalue weighted by Gasteiger charge is 2.11. The molecule has 0 bridgehead atoms. The van der Waals surface area contributed by atoms with Gasteiger partial charge in [-0.3, -0.25) is 9.36 Å². The van der Waals surface area contributed by atoms with Crippen LogP contribution in [-0.4, -0.2) is 38.5 Å². The van der Waals surface area contributed by atoms with Gasteiger partial charge in [0.2, 0.25) is 5.91 Å². The number of hydrogen-bond acceptors (Lipinski definition) is 7. The quantitative estimate of drug-likeness (QED) is 0.484. The summed E-state index contributed by atoms with van der Waals surface area (Å²) in [4.78, 5) is 16.8. The number of carbonyl (C=O) groups excluding carboxylic acids is 1. The highest BCUT2D eigenvalue weighted by atomic mass is 32.2. The largest absolute Gasteiger partial charge is 0.497 e. The maximum atomic E-state index is 12.4. The number of hydrogen-bond donors (Lipinski definition) is 1. The van der Waals surface area contributed by atoms with Crippen molar-refractivity contribution in [1.29, 1.82) is 0 Å². The van der Waals surface area contributed by atoms with E-state index in [1.54, 1.807) is 24.8 Å². The molecule has 0 saturated heterocycles. The van der Waals surface area contributed by atoms with E-state index < -0.39 is 0 Å². The molecule has 0 radical (unpaired) electrons. The summed E-state index contributed by atoms with van der Waals surface area (Å²) in [5.74, 6) is 0.905. The highest BCUT2D eigenvalue weighted by molar-refractivity contribution is 7.99. The van der Waals surface area contributed by atoms with Crippen molar-refractivity contribution in [1.82, 2.24) is 19.7 Å². The number of nitrogens with one attached hydrogen (secondary N) is 1. The minimum absolute atomic E-state index is 0.102. The summed E-state index contributed by atoms with van der Waals surface area (Å²) in [6, 6.07) is 13.3. The van der Waals surface area contributed by atoms with E-state index in [0.717, 1.165) is 32.3 Å². The van der Waals surface area contributed by atoms with Gasteiger partial charge in [-0.05, 0) is 49.4 Å². The number of thiazole rings is 1. The molecule has 0 saturated carbocycles. The number of aryl methyl sites for hydroxylation is 1. The minimum Gasteiger partial charge on any atom is -0.497 e. The van der Waals surface area contributed by atoms with E-state index in [4.69, 9.17) is 4.74 Å². The van der Waals surface area contributed by atoms with Gasteiger partial charge in [0.25, 0.3) is 0 Å². The maximum Gasteiger partial charge on any atom is 0.234 e. The molecule has 9 heteroatoms. The van der Waals surface area contributed by atoms with Gasteiger partial charge in [-0.25, -0.2) is 4.98 Å². The van der Waals surface area contributed by atoms with Crippen LogP contribution in [-0.2, 0) is 4.79 Å². The minimum atomic E-state index is -0.102. The molecule has 142 valence electrons. The van der Waals surface area contributed by atoms with Gasteiger partial charge >= 0.3 is 0 Å². The standard InChI is InChI=1S/C19H17N5O2S2/c1-12-21-16-8-3-13(9-17(16)28-12)22-18(25)10-27-19-23-20-11-24(19)14-4-6-15(26-2)7-5-14/h3-9,11H,10H2,1-2H3,(H,22,25). The lowest BCUT2D eigenvalue weighted by atomic mass is 10.3. The van der Waals surface area contributed by atoms with Gasteiger partial charge in [0.1, 0.15) is 12.1 Å². The molecule has 4 aromatic rings. The summed E-state index contributed by atoms with van der Waals surface area (Å²) in [6.45, 7) is 1.97. The summed E-state index contributed by atoms with van der Waals surface area (Å²) in [5.41, 5.74) is 2.61. The first-order valence-corrected chi connectivity index (χ1v) is 10.3. The Morgan fingerprint density at radius 2 is 2.07 bits per heavy atom. The number of benzene rings is 2. The lowest BCUT2D eigenvalue weighted by molar-refractivity contribution is -0.113. The van der Waals surface area contributed by atoms with E-state index in [1.807, 2.05) is 54.0 Å². The van der Waals surface area contributed by atoms with Gasteiger partial charge in [-0.15, -0.1) is 21.5 Å². The molecule has 0 atom stereocenters. The van der Waals surface area contributed by atoms with Gasteiger partial charge in [0, 0.05) is 11.4 Å². The van der Waals surface area contributed by atoms with Crippen molar-refractivity contribution in [2.75, 3.05) is 18.2 Å². The summed E-state index contributed by atoms with van der Waals surface area (Å²) in [5, 5.41) is 12.7. The zero-order valence-electron chi connectivity index (χ0n) is 15.2. The summed E-state index contributed by atoms with van der Waals surface area (Å²) in [7, 11) is 1.63. The number of nitrogens with zero attached hydrogens (tertiary/aromatic N) is 4. The molecular weight excluding hydrogens is 394 g/mol. The average Bonchev–Trinajstić information content (AvgIpc) is 3.31. The van der Waals surface area contributed by atoms with Gasteiger partial charge in [0.15, 0.2) is 5.16 Å². The van der Waals surface area contributed by atoms with E-state index in [0.29, 0.717) is 5.16 Å². The first-order valence-electron chi connectivity index (χ1n) is 8.46. The number of ether oxygens (including phenoxy) is 1. The Kier molecular flexibility index (Phi) is 5.27. The zero-order chi connectivity index (χ0) is 19.5. The summed E-state index contributed by atoms with van der Waals surface area (Å²) in [6.07, 6.45) is 1.63. The number of rotatable bonds is 6. The molecule has 0 aliphatic heterocycles. The Morgan fingerprint density at radius 3 is 2.86 bits per heavy atom. The van der Waals surface area contributed by atoms with Crippen molar-refractivity contribution < 1.29 is 9.53 Å². The molecule has 2 aromatic heterocycles. The second-order valence-electron chi connectivity index (χ2n) is 5.93. The van der Waals surface area contributed by atoms with Crippen molar-refractivity contribution in [3.63, 3.8) is 0 Å². The lowest BCUT2D eigenvalue weighted by Crippen LogP contribution is -2.14. The molecule has 0 spiro atoms. The monoisotopic (exact) mass is 411 g/mol. The van der Waals surface area contributed by atoms with Crippen LogP contribution < -0.4 is 10.1 Å². The normalized spacial score (nSPS) is 10.9. The van der Waals surface area contributed by atoms with Crippen molar-refractivity contribution in [2.45, 2.75) is 12.1 Å². The lowest BCUT2D eigenvalue weighted by Gasteiger charge is -2.08. The molecule has 0 fully saturated rings. The van der Waals surface area contributed by atoms with Crippen LogP contribution in [0.25, 0.3) is 15.9 Å². The van der Waals surface area contributed by atoms with Crippen molar-refractivity contribution in [3.8, 4) is 11.4 Å². The van der Waals surface area contributed by atoms with Gasteiger partial charge in [-0.2, -0.15) is 0 Å². The second kappa shape index (κ2) is 7.99. The summed E-state index contributed by atoms with van der Waals surface area (Å²) < 4.78 is 8.07. The number of thioether (sulfide) groups is 1. The molecule has 4 rings (SSSR count). The van der Waals surface area contributed by atoms with Crippen LogP contribution in [0, 0.1) is 6.92 Å². The number of amides is 1. The number of aromatic nitrogens is 4.